The summed E-state index contributed by atoms with van der Waals surface area (Å²) in [4.78, 5) is 10.1. The van der Waals surface area contributed by atoms with Crippen LogP contribution in [0.2, 0.25) is 0 Å². The summed E-state index contributed by atoms with van der Waals surface area (Å²) in [6.45, 7) is 0. The second-order valence-electron chi connectivity index (χ2n) is 1.89. The molecule has 4 heteroatoms. The minimum atomic E-state index is -1.13. The second-order valence-corrected chi connectivity index (χ2v) is 1.89. The monoisotopic (exact) mass is 150 g/mol. The molecule has 0 aliphatic carbocycles. The number of rotatable bonds is 1. The number of carbonyl (C=O) groups excluding carboxylic acids is 1. The Morgan fingerprint density at radius 3 is 2.70 bits per heavy atom. The molecule has 1 aliphatic rings. The van der Waals surface area contributed by atoms with Gasteiger partial charge in [-0.25, -0.2) is 0 Å². The van der Waals surface area contributed by atoms with E-state index in [1.165, 1.54) is 6.26 Å². The summed E-state index contributed by atoms with van der Waals surface area (Å²) in [6, 6.07) is 0. The maximum absolute atomic E-state index is 10.1. The molecule has 0 N–H and O–H groups in total. The first-order valence-electron chi connectivity index (χ1n) is 2.82. The van der Waals surface area contributed by atoms with E-state index in [0.29, 0.717) is 6.42 Å². The van der Waals surface area contributed by atoms with Gasteiger partial charge in [-0.05, 0) is 18.9 Å². The summed E-state index contributed by atoms with van der Waals surface area (Å²) in [5, 5.41) is 10.1. The summed E-state index contributed by atoms with van der Waals surface area (Å²) in [7, 11) is 0. The van der Waals surface area contributed by atoms with Gasteiger partial charge >= 0.3 is 29.6 Å². The Morgan fingerprint density at radius 2 is 2.40 bits per heavy atom. The zero-order chi connectivity index (χ0) is 6.69. The minimum Gasteiger partial charge on any atom is -0.546 e. The number of aliphatic carboxylic acids is 1. The zero-order valence-electron chi connectivity index (χ0n) is 5.87. The van der Waals surface area contributed by atoms with E-state index in [4.69, 9.17) is 4.74 Å². The Hall–Kier alpha value is 0.0100. The maximum atomic E-state index is 10.1. The minimum absolute atomic E-state index is 0. The Morgan fingerprint density at radius 1 is 1.70 bits per heavy atom. The molecule has 0 aromatic carbocycles. The average Bonchev–Trinajstić information content (AvgIpc) is 1.90. The third kappa shape index (κ3) is 2.73. The first-order chi connectivity index (χ1) is 4.30. The molecule has 1 atom stereocenters. The van der Waals surface area contributed by atoms with E-state index in [0.717, 1.165) is 6.42 Å². The van der Waals surface area contributed by atoms with Crippen molar-refractivity contribution in [2.45, 2.75) is 18.9 Å². The van der Waals surface area contributed by atoms with Crippen LogP contribution in [0.25, 0.3) is 0 Å². The van der Waals surface area contributed by atoms with Crippen LogP contribution in [0.15, 0.2) is 12.3 Å². The second kappa shape index (κ2) is 4.77. The fourth-order valence-electron chi connectivity index (χ4n) is 0.707. The van der Waals surface area contributed by atoms with Gasteiger partial charge in [-0.3, -0.25) is 0 Å². The van der Waals surface area contributed by atoms with Crippen LogP contribution < -0.4 is 34.7 Å². The Labute approximate surface area is 81.4 Å². The van der Waals surface area contributed by atoms with Crippen molar-refractivity contribution in [2.24, 2.45) is 0 Å². The van der Waals surface area contributed by atoms with Crippen molar-refractivity contribution in [2.75, 3.05) is 0 Å². The normalized spacial score (nSPS) is 22.6. The Kier molecular flexibility index (Phi) is 4.77. The predicted octanol–water partition coefficient (Wildman–Crippen LogP) is -3.57. The van der Waals surface area contributed by atoms with Gasteiger partial charge in [-0.15, -0.1) is 0 Å². The van der Waals surface area contributed by atoms with E-state index >= 15 is 0 Å². The predicted molar refractivity (Wildman–Crippen MR) is 28.3 cm³/mol. The molecule has 1 rings (SSSR count). The van der Waals surface area contributed by atoms with E-state index in [1.807, 2.05) is 0 Å². The fraction of sp³-hybridized carbons (Fsp3) is 0.500. The third-order valence-corrected chi connectivity index (χ3v) is 1.20. The van der Waals surface area contributed by atoms with Gasteiger partial charge in [0, 0.05) is 0 Å². The van der Waals surface area contributed by atoms with Crippen molar-refractivity contribution in [3.05, 3.63) is 12.3 Å². The van der Waals surface area contributed by atoms with E-state index in [2.05, 4.69) is 0 Å². The molecule has 10 heavy (non-hydrogen) atoms. The molecule has 1 unspecified atom stereocenters. The van der Waals surface area contributed by atoms with Gasteiger partial charge < -0.3 is 14.6 Å². The third-order valence-electron chi connectivity index (χ3n) is 1.20. The van der Waals surface area contributed by atoms with E-state index < -0.39 is 12.1 Å². The average molecular weight is 150 g/mol. The molecule has 0 saturated carbocycles. The Bertz CT molecular complexity index is 144. The quantitative estimate of drug-likeness (QED) is 0.363. The van der Waals surface area contributed by atoms with Crippen LogP contribution in [-0.2, 0) is 9.53 Å². The van der Waals surface area contributed by atoms with Crippen molar-refractivity contribution < 1.29 is 44.2 Å². The SMILES string of the molecule is O=C([O-])C1CCC=CO1.[Na+]. The van der Waals surface area contributed by atoms with Crippen molar-refractivity contribution >= 4 is 5.97 Å². The number of carboxylic acids is 1. The van der Waals surface area contributed by atoms with Gasteiger partial charge in [0.1, 0.15) is 6.10 Å². The first kappa shape index (κ1) is 10.0. The molecule has 0 radical (unpaired) electrons. The molecule has 0 aromatic rings. The van der Waals surface area contributed by atoms with Gasteiger partial charge in [0.15, 0.2) is 0 Å². The molecule has 0 bridgehead atoms. The van der Waals surface area contributed by atoms with Gasteiger partial charge in [0.05, 0.1) is 12.2 Å². The molecule has 1 heterocycles. The Balaban J connectivity index is 0.000000810. The van der Waals surface area contributed by atoms with Gasteiger partial charge in [0.25, 0.3) is 0 Å². The fourth-order valence-corrected chi connectivity index (χ4v) is 0.707. The summed E-state index contributed by atoms with van der Waals surface area (Å²) in [5.41, 5.74) is 0. The van der Waals surface area contributed by atoms with E-state index in [-0.39, 0.29) is 29.6 Å². The summed E-state index contributed by atoms with van der Waals surface area (Å²) >= 11 is 0. The van der Waals surface area contributed by atoms with Crippen LogP contribution >= 0.6 is 0 Å². The number of carbonyl (C=O) groups is 1. The number of hydrogen-bond donors (Lipinski definition) is 0. The number of allylic oxidation sites excluding steroid dienone is 1. The number of ether oxygens (including phenoxy) is 1. The first-order valence-corrected chi connectivity index (χ1v) is 2.82. The van der Waals surface area contributed by atoms with Crippen molar-refractivity contribution in [3.63, 3.8) is 0 Å². The number of carboxylic acid groups (broad SMARTS) is 1. The van der Waals surface area contributed by atoms with Crippen LogP contribution in [0.4, 0.5) is 0 Å². The van der Waals surface area contributed by atoms with Crippen LogP contribution in [0.1, 0.15) is 12.8 Å². The largest absolute Gasteiger partial charge is 1.00 e. The molecule has 0 amide bonds. The van der Waals surface area contributed by atoms with Gasteiger partial charge in [-0.2, -0.15) is 0 Å². The maximum Gasteiger partial charge on any atom is 1.00 e. The molecular weight excluding hydrogens is 143 g/mol. The summed E-state index contributed by atoms with van der Waals surface area (Å²) in [5.74, 6) is -1.13. The van der Waals surface area contributed by atoms with E-state index in [1.54, 1.807) is 6.08 Å². The molecule has 1 aliphatic heterocycles. The van der Waals surface area contributed by atoms with Gasteiger partial charge in [-0.1, -0.05) is 0 Å². The van der Waals surface area contributed by atoms with Crippen LogP contribution in [0.3, 0.4) is 0 Å². The molecular formula is C6H7NaO3. The molecule has 0 aromatic heterocycles. The topological polar surface area (TPSA) is 49.4 Å². The molecule has 0 spiro atoms. The number of hydrogen-bond acceptors (Lipinski definition) is 3. The smallest absolute Gasteiger partial charge is 0.546 e. The molecule has 50 valence electrons. The summed E-state index contributed by atoms with van der Waals surface area (Å²) in [6.07, 6.45) is 3.76. The zero-order valence-corrected chi connectivity index (χ0v) is 7.87. The van der Waals surface area contributed by atoms with Crippen LogP contribution in [0.5, 0.6) is 0 Å². The molecule has 0 saturated heterocycles. The molecule has 0 fully saturated rings. The standard InChI is InChI=1S/C6H8O3.Na/c7-6(8)5-3-1-2-4-9-5;/h2,4-5H,1,3H2,(H,7,8);/q;+1/p-1. The van der Waals surface area contributed by atoms with Crippen LogP contribution in [0, 0.1) is 0 Å². The van der Waals surface area contributed by atoms with E-state index in [9.17, 15) is 9.90 Å². The van der Waals surface area contributed by atoms with Crippen molar-refractivity contribution in [1.29, 1.82) is 0 Å². The van der Waals surface area contributed by atoms with Crippen molar-refractivity contribution in [3.8, 4) is 0 Å². The molecule has 3 nitrogen and oxygen atoms in total. The van der Waals surface area contributed by atoms with Crippen LogP contribution in [-0.4, -0.2) is 12.1 Å². The van der Waals surface area contributed by atoms with Crippen molar-refractivity contribution in [1.82, 2.24) is 0 Å². The van der Waals surface area contributed by atoms with Gasteiger partial charge in [0.2, 0.25) is 0 Å². The summed E-state index contributed by atoms with van der Waals surface area (Å²) < 4.78 is 4.70.